The predicted octanol–water partition coefficient (Wildman–Crippen LogP) is 7.30. The number of nitrogens with zero attached hydrogens (tertiary/aromatic N) is 2. The monoisotopic (exact) mass is 474 g/mol. The molecular weight excluding hydrogens is 444 g/mol. The van der Waals surface area contributed by atoms with Gasteiger partial charge in [-0.3, -0.25) is 4.99 Å². The second-order valence-corrected chi connectivity index (χ2v) is 12.5. The topological polar surface area (TPSA) is 37.5 Å². The molecule has 0 saturated carbocycles. The SMILES string of the molecule is C/N=C/Sc1ccc2c(c1)c(SC(C)(C)C)c(CC(C)(C)O)n2Cc1ccc(Cl)cc1. The van der Waals surface area contributed by atoms with Crippen molar-refractivity contribution < 1.29 is 5.11 Å². The first-order chi connectivity index (χ1) is 14.5. The van der Waals surface area contributed by atoms with Gasteiger partial charge in [0.15, 0.2) is 0 Å². The van der Waals surface area contributed by atoms with Gasteiger partial charge in [-0.05, 0) is 49.7 Å². The number of aromatic nitrogens is 1. The molecule has 0 bridgehead atoms. The van der Waals surface area contributed by atoms with Crippen molar-refractivity contribution in [2.75, 3.05) is 7.05 Å². The fraction of sp³-hybridized carbons (Fsp3) is 0.400. The highest BCUT2D eigenvalue weighted by atomic mass is 35.5. The van der Waals surface area contributed by atoms with E-state index in [1.54, 1.807) is 18.8 Å². The Bertz CT molecular complexity index is 1070. The number of halogens is 1. The molecule has 1 heterocycles. The Balaban J connectivity index is 2.24. The molecular formula is C25H31ClN2OS2. The quantitative estimate of drug-likeness (QED) is 0.222. The molecule has 2 aromatic carbocycles. The zero-order chi connectivity index (χ0) is 22.8. The van der Waals surface area contributed by atoms with E-state index in [4.69, 9.17) is 11.6 Å². The van der Waals surface area contributed by atoms with Gasteiger partial charge in [0, 0.05) is 56.2 Å². The summed E-state index contributed by atoms with van der Waals surface area (Å²) in [6.45, 7) is 11.2. The highest BCUT2D eigenvalue weighted by Gasteiger charge is 2.27. The zero-order valence-electron chi connectivity index (χ0n) is 19.1. The summed E-state index contributed by atoms with van der Waals surface area (Å²) in [4.78, 5) is 6.52. The Labute approximate surface area is 199 Å². The third-order valence-corrected chi connectivity index (χ3v) is 7.01. The van der Waals surface area contributed by atoms with Gasteiger partial charge in [0.2, 0.25) is 0 Å². The van der Waals surface area contributed by atoms with Crippen molar-refractivity contribution in [3.05, 3.63) is 58.7 Å². The fourth-order valence-corrected chi connectivity index (χ4v) is 5.37. The number of thioether (sulfide) groups is 2. The van der Waals surface area contributed by atoms with Crippen LogP contribution in [0, 0.1) is 0 Å². The molecule has 3 aromatic rings. The van der Waals surface area contributed by atoms with E-state index in [-0.39, 0.29) is 4.75 Å². The smallest absolute Gasteiger partial charge is 0.0646 e. The molecule has 3 rings (SSSR count). The molecule has 0 amide bonds. The Hall–Kier alpha value is -1.40. The van der Waals surface area contributed by atoms with Gasteiger partial charge in [0.05, 0.1) is 11.1 Å². The molecule has 166 valence electrons. The van der Waals surface area contributed by atoms with E-state index in [1.165, 1.54) is 27.1 Å². The second kappa shape index (κ2) is 9.62. The number of hydrogen-bond acceptors (Lipinski definition) is 4. The van der Waals surface area contributed by atoms with E-state index in [2.05, 4.69) is 60.7 Å². The van der Waals surface area contributed by atoms with E-state index < -0.39 is 5.60 Å². The van der Waals surface area contributed by atoms with Crippen molar-refractivity contribution in [3.8, 4) is 0 Å². The summed E-state index contributed by atoms with van der Waals surface area (Å²) in [5.74, 6) is 0. The molecule has 0 aliphatic heterocycles. The van der Waals surface area contributed by atoms with Crippen LogP contribution in [-0.4, -0.2) is 32.6 Å². The molecule has 0 atom stereocenters. The van der Waals surface area contributed by atoms with Crippen molar-refractivity contribution in [1.29, 1.82) is 0 Å². The van der Waals surface area contributed by atoms with Crippen molar-refractivity contribution in [1.82, 2.24) is 4.57 Å². The molecule has 3 nitrogen and oxygen atoms in total. The van der Waals surface area contributed by atoms with Gasteiger partial charge in [0.25, 0.3) is 0 Å². The van der Waals surface area contributed by atoms with Crippen LogP contribution in [0.15, 0.2) is 57.2 Å². The first kappa shape index (κ1) is 24.2. The summed E-state index contributed by atoms with van der Waals surface area (Å²) >= 11 is 9.60. The average Bonchev–Trinajstić information content (AvgIpc) is 2.91. The molecule has 1 aromatic heterocycles. The van der Waals surface area contributed by atoms with Crippen LogP contribution < -0.4 is 0 Å². The standard InChI is InChI=1S/C25H31ClN2OS2/c1-24(2,3)31-23-20-13-19(30-16-27-6)11-12-21(20)28(22(23)14-25(4,5)29)15-17-7-9-18(26)10-8-17/h7-13,16,29H,14-15H2,1-6H3/b27-16+. The zero-order valence-corrected chi connectivity index (χ0v) is 21.5. The van der Waals surface area contributed by atoms with Gasteiger partial charge in [-0.2, -0.15) is 0 Å². The van der Waals surface area contributed by atoms with Crippen LogP contribution in [0.4, 0.5) is 0 Å². The third kappa shape index (κ3) is 6.55. The van der Waals surface area contributed by atoms with Gasteiger partial charge in [0.1, 0.15) is 0 Å². The normalized spacial score (nSPS) is 12.9. The number of aliphatic imine (C=N–C) groups is 1. The van der Waals surface area contributed by atoms with Crippen molar-refractivity contribution >= 4 is 51.6 Å². The number of benzene rings is 2. The van der Waals surface area contributed by atoms with Crippen LogP contribution in [0.25, 0.3) is 10.9 Å². The van der Waals surface area contributed by atoms with Crippen LogP contribution >= 0.6 is 35.1 Å². The summed E-state index contributed by atoms with van der Waals surface area (Å²) < 4.78 is 2.40. The van der Waals surface area contributed by atoms with E-state index in [0.29, 0.717) is 6.42 Å². The van der Waals surface area contributed by atoms with Gasteiger partial charge < -0.3 is 9.67 Å². The highest BCUT2D eigenvalue weighted by Crippen LogP contribution is 2.43. The molecule has 0 fully saturated rings. The maximum atomic E-state index is 10.8. The highest BCUT2D eigenvalue weighted by molar-refractivity contribution is 8.12. The molecule has 0 saturated heterocycles. The summed E-state index contributed by atoms with van der Waals surface area (Å²) in [7, 11) is 1.79. The maximum Gasteiger partial charge on any atom is 0.0646 e. The molecule has 0 aliphatic carbocycles. The lowest BCUT2D eigenvalue weighted by Gasteiger charge is -2.23. The van der Waals surface area contributed by atoms with Gasteiger partial charge in [-0.15, -0.1) is 11.8 Å². The lowest BCUT2D eigenvalue weighted by molar-refractivity contribution is 0.0785. The van der Waals surface area contributed by atoms with Crippen LogP contribution in [0.1, 0.15) is 45.9 Å². The minimum Gasteiger partial charge on any atom is -0.390 e. The third-order valence-electron chi connectivity index (χ3n) is 4.65. The predicted molar refractivity (Wildman–Crippen MR) is 138 cm³/mol. The second-order valence-electron chi connectivity index (χ2n) is 9.35. The number of fused-ring (bicyclic) bond motifs is 1. The molecule has 6 heteroatoms. The average molecular weight is 475 g/mol. The Morgan fingerprint density at radius 1 is 1.06 bits per heavy atom. The molecule has 0 radical (unpaired) electrons. The van der Waals surface area contributed by atoms with Crippen molar-refractivity contribution in [3.63, 3.8) is 0 Å². The summed E-state index contributed by atoms with van der Waals surface area (Å²) in [6, 6.07) is 14.6. The van der Waals surface area contributed by atoms with Crippen LogP contribution in [-0.2, 0) is 13.0 Å². The molecule has 0 unspecified atom stereocenters. The molecule has 1 N–H and O–H groups in total. The Morgan fingerprint density at radius 2 is 1.74 bits per heavy atom. The number of aliphatic hydroxyl groups is 1. The van der Waals surface area contributed by atoms with Gasteiger partial charge in [-0.1, -0.05) is 56.3 Å². The van der Waals surface area contributed by atoms with Crippen LogP contribution in [0.5, 0.6) is 0 Å². The van der Waals surface area contributed by atoms with Gasteiger partial charge >= 0.3 is 0 Å². The van der Waals surface area contributed by atoms with E-state index in [9.17, 15) is 5.11 Å². The van der Waals surface area contributed by atoms with E-state index in [1.807, 2.05) is 43.3 Å². The minimum absolute atomic E-state index is 0.0434. The Kier molecular flexibility index (Phi) is 7.52. The summed E-state index contributed by atoms with van der Waals surface area (Å²) in [5.41, 5.74) is 4.58. The number of rotatable bonds is 7. The first-order valence-corrected chi connectivity index (χ1v) is 12.4. The van der Waals surface area contributed by atoms with E-state index in [0.717, 1.165) is 16.5 Å². The molecule has 0 spiro atoms. The van der Waals surface area contributed by atoms with Crippen molar-refractivity contribution in [2.45, 2.75) is 67.7 Å². The van der Waals surface area contributed by atoms with Crippen molar-refractivity contribution in [2.24, 2.45) is 4.99 Å². The number of hydrogen-bond donors (Lipinski definition) is 1. The first-order valence-electron chi connectivity index (χ1n) is 10.3. The molecule has 31 heavy (non-hydrogen) atoms. The summed E-state index contributed by atoms with van der Waals surface area (Å²) in [6.07, 6.45) is 0.576. The lowest BCUT2D eigenvalue weighted by atomic mass is 10.0. The largest absolute Gasteiger partial charge is 0.390 e. The fourth-order valence-electron chi connectivity index (χ4n) is 3.50. The van der Waals surface area contributed by atoms with E-state index >= 15 is 0 Å². The van der Waals surface area contributed by atoms with Crippen LogP contribution in [0.2, 0.25) is 5.02 Å². The lowest BCUT2D eigenvalue weighted by Crippen LogP contribution is -2.24. The summed E-state index contributed by atoms with van der Waals surface area (Å²) in [5, 5.41) is 12.7. The molecule has 0 aliphatic rings. The maximum absolute atomic E-state index is 10.8. The van der Waals surface area contributed by atoms with Gasteiger partial charge in [-0.25, -0.2) is 0 Å². The minimum atomic E-state index is -0.814. The van der Waals surface area contributed by atoms with Crippen LogP contribution in [0.3, 0.4) is 0 Å². The Morgan fingerprint density at radius 3 is 2.32 bits per heavy atom.